The maximum absolute atomic E-state index is 11.5. The van der Waals surface area contributed by atoms with Crippen molar-refractivity contribution in [3.63, 3.8) is 0 Å². The summed E-state index contributed by atoms with van der Waals surface area (Å²) in [5.74, 6) is 0. The lowest BCUT2D eigenvalue weighted by Gasteiger charge is -2.14. The van der Waals surface area contributed by atoms with E-state index in [1.54, 1.807) is 0 Å². The van der Waals surface area contributed by atoms with Crippen LogP contribution in [-0.2, 0) is 12.8 Å². The molecule has 1 heterocycles. The number of fused-ring (bicyclic) bond motifs is 1. The molecule has 0 radical (unpaired) electrons. The molecule has 0 saturated heterocycles. The van der Waals surface area contributed by atoms with Gasteiger partial charge >= 0.3 is 0 Å². The van der Waals surface area contributed by atoms with E-state index in [9.17, 15) is 4.79 Å². The molecule has 80 valence electrons. The van der Waals surface area contributed by atoms with Gasteiger partial charge in [0.15, 0.2) is 0 Å². The maximum atomic E-state index is 11.5. The molecule has 0 amide bonds. The van der Waals surface area contributed by atoms with Crippen molar-refractivity contribution in [2.24, 2.45) is 0 Å². The number of nitrogens with zero attached hydrogens (tertiary/aromatic N) is 1. The van der Waals surface area contributed by atoms with Crippen molar-refractivity contribution < 1.29 is 5.11 Å². The first kappa shape index (κ1) is 10.1. The molecule has 15 heavy (non-hydrogen) atoms. The van der Waals surface area contributed by atoms with Crippen LogP contribution in [0.3, 0.4) is 0 Å². The molecule has 0 saturated carbocycles. The Morgan fingerprint density at radius 3 is 3.00 bits per heavy atom. The van der Waals surface area contributed by atoms with Crippen molar-refractivity contribution in [3.8, 4) is 0 Å². The van der Waals surface area contributed by atoms with E-state index in [1.807, 2.05) is 13.0 Å². The molecular formula is C11H14N2O2. The summed E-state index contributed by atoms with van der Waals surface area (Å²) in [5.41, 5.74) is 3.11. The fourth-order valence-electron chi connectivity index (χ4n) is 1.77. The summed E-state index contributed by atoms with van der Waals surface area (Å²) in [6.07, 6.45) is 4.10. The molecule has 1 aliphatic carbocycles. The molecule has 0 bridgehead atoms. The predicted octanol–water partition coefficient (Wildman–Crippen LogP) is 0.654. The Labute approximate surface area is 87.7 Å². The lowest BCUT2D eigenvalue weighted by atomic mass is 10.00. The number of aromatic nitrogens is 2. The fourth-order valence-corrected chi connectivity index (χ4v) is 1.77. The smallest absolute Gasteiger partial charge is 0.270 e. The van der Waals surface area contributed by atoms with E-state index in [4.69, 9.17) is 5.11 Å². The van der Waals surface area contributed by atoms with Crippen LogP contribution in [0.15, 0.2) is 10.4 Å². The number of aromatic amines is 1. The minimum Gasteiger partial charge on any atom is -0.392 e. The molecule has 0 unspecified atom stereocenters. The average molecular weight is 206 g/mol. The van der Waals surface area contributed by atoms with Crippen LogP contribution in [0.5, 0.6) is 0 Å². The Balaban J connectivity index is 2.50. The molecule has 1 aromatic heterocycles. The molecule has 2 rings (SSSR count). The van der Waals surface area contributed by atoms with Crippen molar-refractivity contribution in [1.82, 2.24) is 9.97 Å². The van der Waals surface area contributed by atoms with Crippen molar-refractivity contribution in [2.75, 3.05) is 6.61 Å². The van der Waals surface area contributed by atoms with E-state index in [0.717, 1.165) is 29.8 Å². The Kier molecular flexibility index (Phi) is 2.68. The summed E-state index contributed by atoms with van der Waals surface area (Å²) in [6, 6.07) is 0. The van der Waals surface area contributed by atoms with Crippen molar-refractivity contribution in [1.29, 1.82) is 0 Å². The van der Waals surface area contributed by atoms with Gasteiger partial charge in [-0.3, -0.25) is 4.79 Å². The van der Waals surface area contributed by atoms with Crippen molar-refractivity contribution in [3.05, 3.63) is 33.0 Å². The number of nitrogens with one attached hydrogen (secondary N) is 1. The molecule has 0 spiro atoms. The third kappa shape index (κ3) is 1.85. The van der Waals surface area contributed by atoms with Crippen LogP contribution in [-0.4, -0.2) is 21.7 Å². The van der Waals surface area contributed by atoms with Crippen LogP contribution < -0.4 is 5.56 Å². The van der Waals surface area contributed by atoms with Gasteiger partial charge in [0.2, 0.25) is 0 Å². The first-order chi connectivity index (χ1) is 7.24. The van der Waals surface area contributed by atoms with Crippen LogP contribution in [0.1, 0.15) is 30.4 Å². The maximum Gasteiger partial charge on any atom is 0.270 e. The highest BCUT2D eigenvalue weighted by atomic mass is 16.3. The monoisotopic (exact) mass is 206 g/mol. The first-order valence-electron chi connectivity index (χ1n) is 5.17. The van der Waals surface area contributed by atoms with Crippen LogP contribution in [0.4, 0.5) is 0 Å². The van der Waals surface area contributed by atoms with Crippen LogP contribution in [0, 0.1) is 0 Å². The van der Waals surface area contributed by atoms with Gasteiger partial charge in [-0.05, 0) is 30.9 Å². The number of H-pyrrole nitrogens is 1. The van der Waals surface area contributed by atoms with Gasteiger partial charge in [0.1, 0.15) is 5.69 Å². The zero-order valence-corrected chi connectivity index (χ0v) is 8.71. The summed E-state index contributed by atoms with van der Waals surface area (Å²) >= 11 is 0. The number of aliphatic hydroxyl groups is 1. The standard InChI is InChI=1S/C11H14N2O2/c1-2-8-11(15)13-10-5-7(6-14)3-4-9(10)12-8/h5,14H,2-4,6H2,1H3,(H,13,15). The minimum absolute atomic E-state index is 0.0526. The zero-order chi connectivity index (χ0) is 10.8. The average Bonchev–Trinajstić information content (AvgIpc) is 2.27. The van der Waals surface area contributed by atoms with E-state index < -0.39 is 0 Å². The predicted molar refractivity (Wildman–Crippen MR) is 57.6 cm³/mol. The van der Waals surface area contributed by atoms with Crippen LogP contribution in [0.25, 0.3) is 6.08 Å². The van der Waals surface area contributed by atoms with E-state index in [-0.39, 0.29) is 12.2 Å². The van der Waals surface area contributed by atoms with Gasteiger partial charge in [-0.15, -0.1) is 0 Å². The molecule has 0 fully saturated rings. The second-order valence-corrected chi connectivity index (χ2v) is 3.69. The van der Waals surface area contributed by atoms with Crippen molar-refractivity contribution in [2.45, 2.75) is 26.2 Å². The normalized spacial score (nSPS) is 14.7. The molecule has 1 aliphatic rings. The van der Waals surface area contributed by atoms with Gasteiger partial charge in [0.05, 0.1) is 18.0 Å². The molecule has 0 atom stereocenters. The Morgan fingerprint density at radius 1 is 1.53 bits per heavy atom. The molecule has 0 aliphatic heterocycles. The number of aryl methyl sites for hydroxylation is 2. The fraction of sp³-hybridized carbons (Fsp3) is 0.455. The lowest BCUT2D eigenvalue weighted by molar-refractivity contribution is 0.327. The third-order valence-corrected chi connectivity index (χ3v) is 2.66. The highest BCUT2D eigenvalue weighted by Gasteiger charge is 2.13. The number of aliphatic hydroxyl groups excluding tert-OH is 1. The third-order valence-electron chi connectivity index (χ3n) is 2.66. The van der Waals surface area contributed by atoms with Crippen molar-refractivity contribution >= 4 is 6.08 Å². The first-order valence-corrected chi connectivity index (χ1v) is 5.17. The van der Waals surface area contributed by atoms with Gasteiger partial charge < -0.3 is 10.1 Å². The Bertz CT molecular complexity index is 460. The molecule has 1 aromatic rings. The molecule has 4 nitrogen and oxygen atoms in total. The SMILES string of the molecule is CCc1nc2c([nH]c1=O)C=C(CO)CC2. The molecule has 2 N–H and O–H groups in total. The summed E-state index contributed by atoms with van der Waals surface area (Å²) in [4.78, 5) is 18.6. The second kappa shape index (κ2) is 3.98. The summed E-state index contributed by atoms with van der Waals surface area (Å²) in [7, 11) is 0. The second-order valence-electron chi connectivity index (χ2n) is 3.69. The highest BCUT2D eigenvalue weighted by molar-refractivity contribution is 5.54. The minimum atomic E-state index is -0.119. The van der Waals surface area contributed by atoms with Gasteiger partial charge in [-0.25, -0.2) is 4.98 Å². The van der Waals surface area contributed by atoms with E-state index in [2.05, 4.69) is 9.97 Å². The lowest BCUT2D eigenvalue weighted by Crippen LogP contribution is -2.20. The van der Waals surface area contributed by atoms with E-state index >= 15 is 0 Å². The number of hydrogen-bond acceptors (Lipinski definition) is 3. The molecule has 4 heteroatoms. The highest BCUT2D eigenvalue weighted by Crippen LogP contribution is 2.19. The summed E-state index contributed by atoms with van der Waals surface area (Å²) < 4.78 is 0. The molecule has 0 aromatic carbocycles. The van der Waals surface area contributed by atoms with E-state index in [1.165, 1.54) is 0 Å². The zero-order valence-electron chi connectivity index (χ0n) is 8.71. The van der Waals surface area contributed by atoms with Gasteiger partial charge in [0, 0.05) is 0 Å². The Morgan fingerprint density at radius 2 is 2.33 bits per heavy atom. The van der Waals surface area contributed by atoms with E-state index in [0.29, 0.717) is 12.1 Å². The summed E-state index contributed by atoms with van der Waals surface area (Å²) in [5, 5.41) is 9.01. The van der Waals surface area contributed by atoms with Crippen LogP contribution in [0.2, 0.25) is 0 Å². The number of rotatable bonds is 2. The number of hydrogen-bond donors (Lipinski definition) is 2. The molecular weight excluding hydrogens is 192 g/mol. The van der Waals surface area contributed by atoms with Gasteiger partial charge in [-0.2, -0.15) is 0 Å². The Hall–Kier alpha value is -1.42. The largest absolute Gasteiger partial charge is 0.392 e. The van der Waals surface area contributed by atoms with Gasteiger partial charge in [-0.1, -0.05) is 6.92 Å². The van der Waals surface area contributed by atoms with Gasteiger partial charge in [0.25, 0.3) is 5.56 Å². The van der Waals surface area contributed by atoms with Crippen LogP contribution >= 0.6 is 0 Å². The summed E-state index contributed by atoms with van der Waals surface area (Å²) in [6.45, 7) is 1.97. The topological polar surface area (TPSA) is 66.0 Å². The quantitative estimate of drug-likeness (QED) is 0.746.